The highest BCUT2D eigenvalue weighted by molar-refractivity contribution is 7.17. The molecule has 112 valence electrons. The molecule has 0 saturated heterocycles. The number of carbonyl (C=O) groups excluding carboxylic acids is 1. The summed E-state index contributed by atoms with van der Waals surface area (Å²) in [6.07, 6.45) is 6.05. The van der Waals surface area contributed by atoms with Crippen LogP contribution in [0.3, 0.4) is 0 Å². The molecule has 0 bridgehead atoms. The molecule has 1 saturated carbocycles. The summed E-state index contributed by atoms with van der Waals surface area (Å²) in [7, 11) is 0. The molecule has 0 aromatic carbocycles. The van der Waals surface area contributed by atoms with Crippen LogP contribution in [0.5, 0.6) is 0 Å². The Hall–Kier alpha value is -2.14. The average Bonchev–Trinajstić information content (AvgIpc) is 3.13. The number of fused-ring (bicyclic) bond motifs is 1. The van der Waals surface area contributed by atoms with Gasteiger partial charge in [-0.1, -0.05) is 0 Å². The summed E-state index contributed by atoms with van der Waals surface area (Å²) in [5.41, 5.74) is 3.03. The molecule has 3 aromatic heterocycles. The van der Waals surface area contributed by atoms with Gasteiger partial charge < -0.3 is 9.88 Å². The smallest absolute Gasteiger partial charge is 0.268 e. The Morgan fingerprint density at radius 2 is 2.14 bits per heavy atom. The fourth-order valence-electron chi connectivity index (χ4n) is 2.69. The Morgan fingerprint density at radius 3 is 2.91 bits per heavy atom. The van der Waals surface area contributed by atoms with Crippen LogP contribution >= 0.6 is 11.3 Å². The Balaban J connectivity index is 1.56. The molecule has 0 atom stereocenters. The van der Waals surface area contributed by atoms with Crippen molar-refractivity contribution in [2.24, 2.45) is 5.92 Å². The molecule has 1 N–H and O–H groups in total. The molecule has 0 radical (unpaired) electrons. The van der Waals surface area contributed by atoms with Gasteiger partial charge in [-0.25, -0.2) is 0 Å². The van der Waals surface area contributed by atoms with Gasteiger partial charge in [0.2, 0.25) is 0 Å². The van der Waals surface area contributed by atoms with E-state index in [-0.39, 0.29) is 5.91 Å². The first-order valence-corrected chi connectivity index (χ1v) is 8.43. The molecule has 3 aromatic rings. The van der Waals surface area contributed by atoms with Gasteiger partial charge in [0, 0.05) is 25.5 Å². The van der Waals surface area contributed by atoms with Crippen molar-refractivity contribution in [2.75, 3.05) is 0 Å². The third-order valence-electron chi connectivity index (χ3n) is 4.10. The van der Waals surface area contributed by atoms with E-state index in [0.717, 1.165) is 23.7 Å². The van der Waals surface area contributed by atoms with Gasteiger partial charge >= 0.3 is 0 Å². The number of carbonyl (C=O) groups is 1. The predicted molar refractivity (Wildman–Crippen MR) is 87.9 cm³/mol. The van der Waals surface area contributed by atoms with Crippen molar-refractivity contribution in [1.29, 1.82) is 0 Å². The summed E-state index contributed by atoms with van der Waals surface area (Å²) in [5.74, 6) is 0.739. The molecule has 4 rings (SSSR count). The summed E-state index contributed by atoms with van der Waals surface area (Å²) in [5, 5.41) is 5.11. The van der Waals surface area contributed by atoms with Crippen LogP contribution in [0, 0.1) is 5.92 Å². The van der Waals surface area contributed by atoms with Gasteiger partial charge in [0.1, 0.15) is 5.69 Å². The summed E-state index contributed by atoms with van der Waals surface area (Å²) in [6, 6.07) is 7.97. The van der Waals surface area contributed by atoms with Crippen LogP contribution in [0.1, 0.15) is 28.9 Å². The number of nitrogens with one attached hydrogen (secondary N) is 1. The number of thiophene rings is 1. The zero-order chi connectivity index (χ0) is 14.9. The van der Waals surface area contributed by atoms with Crippen molar-refractivity contribution in [1.82, 2.24) is 14.9 Å². The number of pyridine rings is 1. The van der Waals surface area contributed by atoms with Gasteiger partial charge in [0.05, 0.1) is 10.2 Å². The van der Waals surface area contributed by atoms with Crippen LogP contribution in [-0.2, 0) is 13.1 Å². The highest BCUT2D eigenvalue weighted by atomic mass is 32.1. The fourth-order valence-corrected chi connectivity index (χ4v) is 3.52. The van der Waals surface area contributed by atoms with Gasteiger partial charge in [-0.3, -0.25) is 9.78 Å². The number of amides is 1. The monoisotopic (exact) mass is 311 g/mol. The number of aromatic nitrogens is 2. The van der Waals surface area contributed by atoms with Crippen molar-refractivity contribution in [3.8, 4) is 0 Å². The Morgan fingerprint density at radius 1 is 1.32 bits per heavy atom. The van der Waals surface area contributed by atoms with E-state index in [1.807, 2.05) is 18.2 Å². The van der Waals surface area contributed by atoms with E-state index >= 15 is 0 Å². The first-order valence-electron chi connectivity index (χ1n) is 7.55. The molecule has 0 spiro atoms. The maximum Gasteiger partial charge on any atom is 0.268 e. The van der Waals surface area contributed by atoms with E-state index in [0.29, 0.717) is 6.54 Å². The third kappa shape index (κ3) is 2.64. The molecular formula is C17H17N3OS. The third-order valence-corrected chi connectivity index (χ3v) is 4.95. The quantitative estimate of drug-likeness (QED) is 0.784. The van der Waals surface area contributed by atoms with E-state index < -0.39 is 0 Å². The lowest BCUT2D eigenvalue weighted by atomic mass is 10.2. The lowest BCUT2D eigenvalue weighted by Crippen LogP contribution is -2.25. The van der Waals surface area contributed by atoms with E-state index in [1.54, 1.807) is 23.7 Å². The van der Waals surface area contributed by atoms with Crippen LogP contribution in [0.25, 0.3) is 10.2 Å². The SMILES string of the molecule is O=C(NCc1ccncc1)c1cc2sccc2n1CC1CC1. The van der Waals surface area contributed by atoms with Gasteiger partial charge in [-0.15, -0.1) is 11.3 Å². The number of hydrogen-bond acceptors (Lipinski definition) is 3. The fraction of sp³-hybridized carbons (Fsp3) is 0.294. The van der Waals surface area contributed by atoms with Crippen molar-refractivity contribution >= 4 is 27.5 Å². The highest BCUT2D eigenvalue weighted by Crippen LogP contribution is 2.34. The summed E-state index contributed by atoms with van der Waals surface area (Å²) in [6.45, 7) is 1.49. The molecule has 0 unspecified atom stereocenters. The minimum Gasteiger partial charge on any atom is -0.347 e. The lowest BCUT2D eigenvalue weighted by Gasteiger charge is -2.10. The van der Waals surface area contributed by atoms with Gasteiger partial charge in [-0.2, -0.15) is 0 Å². The van der Waals surface area contributed by atoms with E-state index in [4.69, 9.17) is 0 Å². The van der Waals surface area contributed by atoms with Crippen molar-refractivity contribution in [2.45, 2.75) is 25.9 Å². The highest BCUT2D eigenvalue weighted by Gasteiger charge is 2.25. The van der Waals surface area contributed by atoms with E-state index in [2.05, 4.69) is 26.3 Å². The normalized spacial score (nSPS) is 14.4. The largest absolute Gasteiger partial charge is 0.347 e. The molecule has 1 aliphatic rings. The molecule has 3 heterocycles. The molecule has 1 fully saturated rings. The average molecular weight is 311 g/mol. The van der Waals surface area contributed by atoms with Crippen LogP contribution in [0.15, 0.2) is 42.0 Å². The summed E-state index contributed by atoms with van der Waals surface area (Å²) < 4.78 is 3.38. The predicted octanol–water partition coefficient (Wildman–Crippen LogP) is 3.44. The first kappa shape index (κ1) is 13.5. The van der Waals surface area contributed by atoms with Crippen LogP contribution in [-0.4, -0.2) is 15.5 Å². The minimum absolute atomic E-state index is 0.000798. The first-order chi connectivity index (χ1) is 10.8. The molecule has 1 aliphatic carbocycles. The van der Waals surface area contributed by atoms with E-state index in [9.17, 15) is 4.79 Å². The molecule has 5 heteroatoms. The Labute approximate surface area is 132 Å². The van der Waals surface area contributed by atoms with Crippen molar-refractivity contribution < 1.29 is 4.79 Å². The lowest BCUT2D eigenvalue weighted by molar-refractivity contribution is 0.0941. The van der Waals surface area contributed by atoms with Crippen molar-refractivity contribution in [3.63, 3.8) is 0 Å². The number of hydrogen-bond donors (Lipinski definition) is 1. The summed E-state index contributed by atoms with van der Waals surface area (Å²) in [4.78, 5) is 16.6. The van der Waals surface area contributed by atoms with Crippen molar-refractivity contribution in [3.05, 3.63) is 53.3 Å². The zero-order valence-corrected chi connectivity index (χ0v) is 13.0. The Kier molecular flexibility index (Phi) is 3.42. The standard InChI is InChI=1S/C17H17N3OS/c21-17(19-10-12-3-6-18-7-4-12)15-9-16-14(5-8-22-16)20(15)11-13-1-2-13/h3-9,13H,1-2,10-11H2,(H,19,21). The molecule has 0 aliphatic heterocycles. The van der Waals surface area contributed by atoms with Gasteiger partial charge in [0.25, 0.3) is 5.91 Å². The Bertz CT molecular complexity index is 802. The summed E-state index contributed by atoms with van der Waals surface area (Å²) >= 11 is 1.69. The second kappa shape index (κ2) is 5.57. The minimum atomic E-state index is 0.000798. The second-order valence-electron chi connectivity index (χ2n) is 5.79. The van der Waals surface area contributed by atoms with Crippen LogP contribution in [0.2, 0.25) is 0 Å². The molecule has 4 nitrogen and oxygen atoms in total. The maximum absolute atomic E-state index is 12.6. The number of nitrogens with zero attached hydrogens (tertiary/aromatic N) is 2. The topological polar surface area (TPSA) is 46.9 Å². The molecule has 22 heavy (non-hydrogen) atoms. The second-order valence-corrected chi connectivity index (χ2v) is 6.74. The molecule has 1 amide bonds. The van der Waals surface area contributed by atoms with Gasteiger partial charge in [0.15, 0.2) is 0 Å². The van der Waals surface area contributed by atoms with Gasteiger partial charge in [-0.05, 0) is 54.0 Å². The number of rotatable bonds is 5. The molecular weight excluding hydrogens is 294 g/mol. The maximum atomic E-state index is 12.6. The van der Waals surface area contributed by atoms with Crippen LogP contribution in [0.4, 0.5) is 0 Å². The van der Waals surface area contributed by atoms with Crippen LogP contribution < -0.4 is 5.32 Å². The van der Waals surface area contributed by atoms with E-state index in [1.165, 1.54) is 23.1 Å². The zero-order valence-electron chi connectivity index (χ0n) is 12.2.